The number of carbonyl (C=O) groups excluding carboxylic acids is 1. The predicted octanol–water partition coefficient (Wildman–Crippen LogP) is 3.20. The summed E-state index contributed by atoms with van der Waals surface area (Å²) in [5, 5.41) is 7.43. The van der Waals surface area contributed by atoms with Gasteiger partial charge in [0.1, 0.15) is 0 Å². The minimum Gasteiger partial charge on any atom is -0.493 e. The summed E-state index contributed by atoms with van der Waals surface area (Å²) in [5.74, 6) is 1.42. The molecule has 0 radical (unpaired) electrons. The third-order valence-corrected chi connectivity index (χ3v) is 5.35. The van der Waals surface area contributed by atoms with Crippen molar-refractivity contribution in [1.82, 2.24) is 20.0 Å². The maximum Gasteiger partial charge on any atom is 0.317 e. The van der Waals surface area contributed by atoms with Crippen molar-refractivity contribution in [3.8, 4) is 17.2 Å². The molecular weight excluding hydrogens is 380 g/mol. The average molecular weight is 406 g/mol. The topological polar surface area (TPSA) is 68.6 Å². The van der Waals surface area contributed by atoms with Gasteiger partial charge in [-0.3, -0.25) is 0 Å². The molecule has 4 rings (SSSR count). The number of urea groups is 1. The van der Waals surface area contributed by atoms with Crippen LogP contribution in [0.1, 0.15) is 16.7 Å². The normalized spacial score (nSPS) is 12.9. The van der Waals surface area contributed by atoms with E-state index in [2.05, 4.69) is 10.4 Å². The van der Waals surface area contributed by atoms with Gasteiger partial charge in [-0.1, -0.05) is 18.2 Å². The number of benzene rings is 2. The fourth-order valence-corrected chi connectivity index (χ4v) is 3.69. The van der Waals surface area contributed by atoms with E-state index in [-0.39, 0.29) is 6.03 Å². The number of fused-ring (bicyclic) bond motifs is 1. The fraction of sp³-hybridized carbons (Fsp3) is 0.304. The Labute approximate surface area is 176 Å². The summed E-state index contributed by atoms with van der Waals surface area (Å²) in [4.78, 5) is 14.5. The van der Waals surface area contributed by atoms with Gasteiger partial charge in [0.15, 0.2) is 11.5 Å². The van der Waals surface area contributed by atoms with E-state index < -0.39 is 0 Å². The van der Waals surface area contributed by atoms with Crippen LogP contribution in [0.3, 0.4) is 0 Å². The van der Waals surface area contributed by atoms with Crippen molar-refractivity contribution in [2.24, 2.45) is 0 Å². The summed E-state index contributed by atoms with van der Waals surface area (Å²) in [6, 6.07) is 13.9. The maximum atomic E-state index is 12.6. The summed E-state index contributed by atoms with van der Waals surface area (Å²) in [6.45, 7) is 1.81. The van der Waals surface area contributed by atoms with E-state index in [1.54, 1.807) is 14.2 Å². The Hall–Kier alpha value is -3.48. The molecule has 0 unspecified atom stereocenters. The molecule has 30 heavy (non-hydrogen) atoms. The number of methoxy groups -OCH3 is 2. The van der Waals surface area contributed by atoms with Crippen molar-refractivity contribution in [3.63, 3.8) is 0 Å². The fourth-order valence-electron chi connectivity index (χ4n) is 3.69. The molecule has 0 bridgehead atoms. The lowest BCUT2D eigenvalue weighted by atomic mass is 9.99. The number of rotatable bonds is 6. The highest BCUT2D eigenvalue weighted by Crippen LogP contribution is 2.33. The monoisotopic (exact) mass is 406 g/mol. The zero-order valence-electron chi connectivity index (χ0n) is 17.3. The Bertz CT molecular complexity index is 1020. The lowest BCUT2D eigenvalue weighted by molar-refractivity contribution is 0.192. The van der Waals surface area contributed by atoms with Gasteiger partial charge in [0.05, 0.1) is 26.1 Å². The number of amides is 2. The van der Waals surface area contributed by atoms with Gasteiger partial charge in [-0.05, 0) is 53.8 Å². The van der Waals surface area contributed by atoms with Crippen LogP contribution in [0, 0.1) is 0 Å². The van der Waals surface area contributed by atoms with Crippen LogP contribution in [0.2, 0.25) is 0 Å². The zero-order valence-corrected chi connectivity index (χ0v) is 17.3. The van der Waals surface area contributed by atoms with E-state index in [1.807, 2.05) is 64.4 Å². The van der Waals surface area contributed by atoms with Gasteiger partial charge in [-0.2, -0.15) is 5.10 Å². The SMILES string of the molecule is COc1cc2c(cc1OC)CN(C(=O)NCCc1cnn(-c3ccccc3)c1)CC2. The lowest BCUT2D eigenvalue weighted by Crippen LogP contribution is -2.43. The van der Waals surface area contributed by atoms with Crippen molar-refractivity contribution < 1.29 is 14.3 Å². The van der Waals surface area contributed by atoms with E-state index in [9.17, 15) is 4.79 Å². The van der Waals surface area contributed by atoms with Crippen LogP contribution < -0.4 is 14.8 Å². The maximum absolute atomic E-state index is 12.6. The molecule has 0 fully saturated rings. The lowest BCUT2D eigenvalue weighted by Gasteiger charge is -2.29. The molecule has 2 aromatic carbocycles. The summed E-state index contributed by atoms with van der Waals surface area (Å²) < 4.78 is 12.6. The number of nitrogens with zero attached hydrogens (tertiary/aromatic N) is 3. The largest absolute Gasteiger partial charge is 0.493 e. The van der Waals surface area contributed by atoms with E-state index in [1.165, 1.54) is 5.56 Å². The first-order valence-electron chi connectivity index (χ1n) is 10.0. The number of para-hydroxylation sites is 1. The van der Waals surface area contributed by atoms with Crippen LogP contribution in [0.25, 0.3) is 5.69 Å². The van der Waals surface area contributed by atoms with E-state index >= 15 is 0 Å². The highest BCUT2D eigenvalue weighted by atomic mass is 16.5. The smallest absolute Gasteiger partial charge is 0.317 e. The molecule has 1 aromatic heterocycles. The molecule has 0 atom stereocenters. The van der Waals surface area contributed by atoms with Gasteiger partial charge < -0.3 is 19.7 Å². The van der Waals surface area contributed by atoms with Crippen molar-refractivity contribution in [2.75, 3.05) is 27.3 Å². The van der Waals surface area contributed by atoms with E-state index in [0.717, 1.165) is 35.4 Å². The van der Waals surface area contributed by atoms with Crippen molar-refractivity contribution in [1.29, 1.82) is 0 Å². The Morgan fingerprint density at radius 3 is 2.57 bits per heavy atom. The van der Waals surface area contributed by atoms with Crippen LogP contribution in [0.5, 0.6) is 11.5 Å². The van der Waals surface area contributed by atoms with Gasteiger partial charge in [-0.25, -0.2) is 9.48 Å². The number of hydrogen-bond donors (Lipinski definition) is 1. The molecule has 1 N–H and O–H groups in total. The Morgan fingerprint density at radius 2 is 1.83 bits per heavy atom. The van der Waals surface area contributed by atoms with Crippen LogP contribution in [0.15, 0.2) is 54.9 Å². The van der Waals surface area contributed by atoms with Crippen LogP contribution >= 0.6 is 0 Å². The van der Waals surface area contributed by atoms with Crippen molar-refractivity contribution >= 4 is 6.03 Å². The van der Waals surface area contributed by atoms with Gasteiger partial charge >= 0.3 is 6.03 Å². The molecule has 0 aliphatic carbocycles. The standard InChI is InChI=1S/C23H26N4O3/c1-29-21-12-18-9-11-26(16-19(18)13-22(21)30-2)23(28)24-10-8-17-14-25-27(15-17)20-6-4-3-5-7-20/h3-7,12-15H,8-11,16H2,1-2H3,(H,24,28). The molecule has 2 heterocycles. The molecule has 0 spiro atoms. The summed E-state index contributed by atoms with van der Waals surface area (Å²) in [6.07, 6.45) is 5.37. The zero-order chi connectivity index (χ0) is 20.9. The quantitative estimate of drug-likeness (QED) is 0.683. The highest BCUT2D eigenvalue weighted by Gasteiger charge is 2.22. The molecule has 1 aliphatic heterocycles. The number of ether oxygens (including phenoxy) is 2. The number of aromatic nitrogens is 2. The van der Waals surface area contributed by atoms with Crippen LogP contribution in [-0.4, -0.2) is 48.0 Å². The average Bonchev–Trinajstić information content (AvgIpc) is 3.27. The first kappa shape index (κ1) is 19.8. The summed E-state index contributed by atoms with van der Waals surface area (Å²) in [7, 11) is 3.26. The van der Waals surface area contributed by atoms with E-state index in [0.29, 0.717) is 25.4 Å². The molecule has 0 saturated carbocycles. The minimum absolute atomic E-state index is 0.0501. The second-order valence-corrected chi connectivity index (χ2v) is 7.26. The summed E-state index contributed by atoms with van der Waals surface area (Å²) >= 11 is 0. The molecule has 7 nitrogen and oxygen atoms in total. The Kier molecular flexibility index (Phi) is 5.88. The van der Waals surface area contributed by atoms with Gasteiger partial charge in [0, 0.05) is 25.8 Å². The second kappa shape index (κ2) is 8.90. The number of nitrogens with one attached hydrogen (secondary N) is 1. The van der Waals surface area contributed by atoms with Gasteiger partial charge in [0.2, 0.25) is 0 Å². The third-order valence-electron chi connectivity index (χ3n) is 5.35. The third kappa shape index (κ3) is 4.25. The first-order chi connectivity index (χ1) is 14.7. The number of carbonyl (C=O) groups is 1. The molecule has 7 heteroatoms. The summed E-state index contributed by atoms with van der Waals surface area (Å²) in [5.41, 5.74) is 4.40. The van der Waals surface area contributed by atoms with Gasteiger partial charge in [0.25, 0.3) is 0 Å². The van der Waals surface area contributed by atoms with E-state index in [4.69, 9.17) is 9.47 Å². The highest BCUT2D eigenvalue weighted by molar-refractivity contribution is 5.74. The van der Waals surface area contributed by atoms with Crippen molar-refractivity contribution in [2.45, 2.75) is 19.4 Å². The van der Waals surface area contributed by atoms with Crippen LogP contribution in [0.4, 0.5) is 4.79 Å². The van der Waals surface area contributed by atoms with Crippen molar-refractivity contribution in [3.05, 3.63) is 71.5 Å². The van der Waals surface area contributed by atoms with Gasteiger partial charge in [-0.15, -0.1) is 0 Å². The molecular formula is C23H26N4O3. The Morgan fingerprint density at radius 1 is 1.10 bits per heavy atom. The minimum atomic E-state index is -0.0501. The second-order valence-electron chi connectivity index (χ2n) is 7.26. The molecule has 1 aliphatic rings. The van der Waals surface area contributed by atoms with Crippen LogP contribution in [-0.2, 0) is 19.4 Å². The molecule has 3 aromatic rings. The Balaban J connectivity index is 1.32. The predicted molar refractivity (Wildman–Crippen MR) is 114 cm³/mol. The molecule has 0 saturated heterocycles. The first-order valence-corrected chi connectivity index (χ1v) is 10.0. The number of hydrogen-bond acceptors (Lipinski definition) is 4. The molecule has 2 amide bonds. The molecule has 156 valence electrons.